The predicted octanol–water partition coefficient (Wildman–Crippen LogP) is 5.12. The molecule has 0 spiro atoms. The summed E-state index contributed by atoms with van der Waals surface area (Å²) in [7, 11) is 0. The molecule has 0 saturated heterocycles. The molecule has 1 aliphatic carbocycles. The number of rotatable bonds is 3. The molecule has 0 aromatic heterocycles. The van der Waals surface area contributed by atoms with Gasteiger partial charge in [0.05, 0.1) is 0 Å². The molecule has 1 aliphatic rings. The summed E-state index contributed by atoms with van der Waals surface area (Å²) in [6, 6.07) is 9.12. The van der Waals surface area contributed by atoms with E-state index < -0.39 is 0 Å². The van der Waals surface area contributed by atoms with E-state index in [-0.39, 0.29) is 0 Å². The highest BCUT2D eigenvalue weighted by atomic mass is 79.9. The molecule has 1 fully saturated rings. The Kier molecular flexibility index (Phi) is 4.07. The maximum atomic E-state index is 3.90. The molecule has 3 unspecified atom stereocenters. The lowest BCUT2D eigenvalue weighted by atomic mass is 9.90. The van der Waals surface area contributed by atoms with E-state index in [4.69, 9.17) is 0 Å². The van der Waals surface area contributed by atoms with Crippen LogP contribution in [-0.4, -0.2) is 0 Å². The van der Waals surface area contributed by atoms with Crippen LogP contribution in [0.15, 0.2) is 24.3 Å². The smallest absolute Gasteiger partial charge is 0.0426 e. The molecular weight excluding hydrogens is 260 g/mol. The van der Waals surface area contributed by atoms with Crippen LogP contribution in [0.2, 0.25) is 0 Å². The molecule has 0 bridgehead atoms. The fourth-order valence-corrected chi connectivity index (χ4v) is 3.88. The minimum Gasteiger partial charge on any atom is -0.0836 e. The lowest BCUT2D eigenvalue weighted by Gasteiger charge is -2.22. The van der Waals surface area contributed by atoms with Crippen molar-refractivity contribution >= 4 is 15.9 Å². The van der Waals surface area contributed by atoms with Gasteiger partial charge in [0.15, 0.2) is 0 Å². The molecule has 1 aromatic rings. The summed E-state index contributed by atoms with van der Waals surface area (Å²) < 4.78 is 0. The molecule has 1 aromatic carbocycles. The highest BCUT2D eigenvalue weighted by Crippen LogP contribution is 2.44. The first-order valence-corrected chi connectivity index (χ1v) is 7.37. The molecule has 1 heteroatoms. The number of aryl methyl sites for hydroxylation is 1. The van der Waals surface area contributed by atoms with Crippen molar-refractivity contribution in [3.05, 3.63) is 35.4 Å². The molecular formula is C15H21Br. The first-order chi connectivity index (χ1) is 7.72. The maximum Gasteiger partial charge on any atom is 0.0426 e. The molecule has 88 valence electrons. The Bertz CT molecular complexity index is 328. The van der Waals surface area contributed by atoms with E-state index in [1.54, 1.807) is 0 Å². The van der Waals surface area contributed by atoms with Crippen LogP contribution in [0.1, 0.15) is 49.1 Å². The zero-order valence-electron chi connectivity index (χ0n) is 10.2. The first kappa shape index (κ1) is 12.2. The molecule has 3 atom stereocenters. The molecule has 0 aliphatic heterocycles. The van der Waals surface area contributed by atoms with E-state index in [2.05, 4.69) is 54.0 Å². The Morgan fingerprint density at radius 1 is 1.25 bits per heavy atom. The number of hydrogen-bond acceptors (Lipinski definition) is 0. The Morgan fingerprint density at radius 3 is 2.44 bits per heavy atom. The normalized spacial score (nSPS) is 26.9. The molecule has 0 N–H and O–H groups in total. The number of benzene rings is 1. The van der Waals surface area contributed by atoms with Gasteiger partial charge in [-0.2, -0.15) is 0 Å². The van der Waals surface area contributed by atoms with E-state index >= 15 is 0 Å². The van der Waals surface area contributed by atoms with Crippen LogP contribution in [0.25, 0.3) is 0 Å². The average molecular weight is 281 g/mol. The van der Waals surface area contributed by atoms with Gasteiger partial charge in [-0.15, -0.1) is 0 Å². The van der Waals surface area contributed by atoms with Gasteiger partial charge in [-0.3, -0.25) is 0 Å². The summed E-state index contributed by atoms with van der Waals surface area (Å²) in [5.41, 5.74) is 2.89. The Balaban J connectivity index is 2.10. The van der Waals surface area contributed by atoms with Gasteiger partial charge in [0.2, 0.25) is 0 Å². The van der Waals surface area contributed by atoms with Crippen LogP contribution in [0.5, 0.6) is 0 Å². The Morgan fingerprint density at radius 2 is 1.94 bits per heavy atom. The average Bonchev–Trinajstić information content (AvgIpc) is 2.75. The number of alkyl halides is 1. The third-order valence-corrected chi connectivity index (χ3v) is 5.22. The monoisotopic (exact) mass is 280 g/mol. The lowest BCUT2D eigenvalue weighted by Crippen LogP contribution is -2.10. The molecule has 0 heterocycles. The fourth-order valence-electron chi connectivity index (χ4n) is 2.79. The lowest BCUT2D eigenvalue weighted by molar-refractivity contribution is 0.414. The third-order valence-electron chi connectivity index (χ3n) is 4.01. The van der Waals surface area contributed by atoms with Gasteiger partial charge in [0, 0.05) is 4.83 Å². The summed E-state index contributed by atoms with van der Waals surface area (Å²) >= 11 is 3.90. The van der Waals surface area contributed by atoms with Crippen molar-refractivity contribution in [1.82, 2.24) is 0 Å². The largest absolute Gasteiger partial charge is 0.0836 e. The van der Waals surface area contributed by atoms with Gasteiger partial charge in [-0.05, 0) is 35.8 Å². The van der Waals surface area contributed by atoms with Gasteiger partial charge >= 0.3 is 0 Å². The van der Waals surface area contributed by atoms with E-state index in [9.17, 15) is 0 Å². The molecule has 0 radical (unpaired) electrons. The SMILES string of the molecule is CCc1ccc(C(Br)C2CCCC2C)cc1. The highest BCUT2D eigenvalue weighted by Gasteiger charge is 2.30. The summed E-state index contributed by atoms with van der Waals surface area (Å²) in [6.07, 6.45) is 5.32. The zero-order chi connectivity index (χ0) is 11.5. The van der Waals surface area contributed by atoms with E-state index in [1.165, 1.54) is 30.4 Å². The molecule has 1 saturated carbocycles. The van der Waals surface area contributed by atoms with Crippen molar-refractivity contribution < 1.29 is 0 Å². The minimum atomic E-state index is 0.552. The van der Waals surface area contributed by atoms with E-state index in [0.717, 1.165) is 18.3 Å². The summed E-state index contributed by atoms with van der Waals surface area (Å²) in [4.78, 5) is 0.552. The minimum absolute atomic E-state index is 0.552. The number of hydrogen-bond donors (Lipinski definition) is 0. The Hall–Kier alpha value is -0.300. The van der Waals surface area contributed by atoms with Crippen molar-refractivity contribution in [2.45, 2.75) is 44.4 Å². The van der Waals surface area contributed by atoms with E-state index in [1.807, 2.05) is 0 Å². The summed E-state index contributed by atoms with van der Waals surface area (Å²) in [5, 5.41) is 0. The van der Waals surface area contributed by atoms with Crippen molar-refractivity contribution in [2.24, 2.45) is 11.8 Å². The van der Waals surface area contributed by atoms with Gasteiger partial charge < -0.3 is 0 Å². The predicted molar refractivity (Wildman–Crippen MR) is 74.0 cm³/mol. The Labute approximate surface area is 108 Å². The maximum absolute atomic E-state index is 3.90. The quantitative estimate of drug-likeness (QED) is 0.674. The summed E-state index contributed by atoms with van der Waals surface area (Å²) in [6.45, 7) is 4.60. The van der Waals surface area contributed by atoms with Gasteiger partial charge in [-0.1, -0.05) is 66.9 Å². The molecule has 2 rings (SSSR count). The standard InChI is InChI=1S/C15H21Br/c1-3-12-7-9-13(10-8-12)15(16)14-6-4-5-11(14)2/h7-11,14-15H,3-6H2,1-2H3. The van der Waals surface area contributed by atoms with E-state index in [0.29, 0.717) is 4.83 Å². The van der Waals surface area contributed by atoms with Crippen LogP contribution < -0.4 is 0 Å². The van der Waals surface area contributed by atoms with Crippen molar-refractivity contribution in [2.75, 3.05) is 0 Å². The second-order valence-electron chi connectivity index (χ2n) is 5.07. The second-order valence-corrected chi connectivity index (χ2v) is 6.06. The van der Waals surface area contributed by atoms with Crippen molar-refractivity contribution in [3.63, 3.8) is 0 Å². The van der Waals surface area contributed by atoms with Gasteiger partial charge in [0.1, 0.15) is 0 Å². The molecule has 16 heavy (non-hydrogen) atoms. The molecule has 0 nitrogen and oxygen atoms in total. The van der Waals surface area contributed by atoms with Crippen molar-refractivity contribution in [3.8, 4) is 0 Å². The van der Waals surface area contributed by atoms with Crippen LogP contribution in [-0.2, 0) is 6.42 Å². The topological polar surface area (TPSA) is 0 Å². The van der Waals surface area contributed by atoms with Gasteiger partial charge in [-0.25, -0.2) is 0 Å². The van der Waals surface area contributed by atoms with Crippen molar-refractivity contribution in [1.29, 1.82) is 0 Å². The second kappa shape index (κ2) is 5.35. The summed E-state index contributed by atoms with van der Waals surface area (Å²) in [5.74, 6) is 1.70. The van der Waals surface area contributed by atoms with Crippen LogP contribution in [0, 0.1) is 11.8 Å². The van der Waals surface area contributed by atoms with Crippen LogP contribution in [0.4, 0.5) is 0 Å². The number of halogens is 1. The zero-order valence-corrected chi connectivity index (χ0v) is 11.8. The molecule has 0 amide bonds. The highest BCUT2D eigenvalue weighted by molar-refractivity contribution is 9.09. The van der Waals surface area contributed by atoms with Gasteiger partial charge in [0.25, 0.3) is 0 Å². The third kappa shape index (κ3) is 2.51. The fraction of sp³-hybridized carbons (Fsp3) is 0.600. The first-order valence-electron chi connectivity index (χ1n) is 6.45. The van der Waals surface area contributed by atoms with Crippen LogP contribution in [0.3, 0.4) is 0 Å². The van der Waals surface area contributed by atoms with Crippen LogP contribution >= 0.6 is 15.9 Å².